The summed E-state index contributed by atoms with van der Waals surface area (Å²) in [5.74, 6) is 2.81. The van der Waals surface area contributed by atoms with Gasteiger partial charge in [0, 0.05) is 35.5 Å². The number of nitrogens with zero attached hydrogens (tertiary/aromatic N) is 1. The van der Waals surface area contributed by atoms with Gasteiger partial charge in [0.15, 0.2) is 5.75 Å². The molecular formula is C21H18N2O4. The highest BCUT2D eigenvalue weighted by atomic mass is 16.6. The third-order valence-corrected chi connectivity index (χ3v) is 4.01. The van der Waals surface area contributed by atoms with Gasteiger partial charge in [0.1, 0.15) is 6.61 Å². The molecule has 6 nitrogen and oxygen atoms in total. The minimum absolute atomic E-state index is 0.0924. The fourth-order valence-electron chi connectivity index (χ4n) is 2.74. The van der Waals surface area contributed by atoms with E-state index >= 15 is 0 Å². The van der Waals surface area contributed by atoms with Crippen LogP contribution in [0.3, 0.4) is 0 Å². The summed E-state index contributed by atoms with van der Waals surface area (Å²) >= 11 is 0. The maximum atomic E-state index is 11.5. The van der Waals surface area contributed by atoms with Gasteiger partial charge >= 0.3 is 5.69 Å². The van der Waals surface area contributed by atoms with E-state index in [2.05, 4.69) is 11.2 Å². The van der Waals surface area contributed by atoms with E-state index in [1.54, 1.807) is 13.2 Å². The smallest absolute Gasteiger partial charge is 0.311 e. The number of terminal acetylenes is 1. The second-order valence-electron chi connectivity index (χ2n) is 5.80. The number of anilines is 2. The van der Waals surface area contributed by atoms with Crippen LogP contribution in [0.2, 0.25) is 0 Å². The molecule has 0 aliphatic heterocycles. The highest BCUT2D eigenvalue weighted by molar-refractivity contribution is 5.98. The number of hydrogen-bond donors (Lipinski definition) is 1. The van der Waals surface area contributed by atoms with E-state index in [1.807, 2.05) is 42.5 Å². The van der Waals surface area contributed by atoms with Crippen molar-refractivity contribution in [1.82, 2.24) is 0 Å². The maximum Gasteiger partial charge on any atom is 0.311 e. The Morgan fingerprint density at radius 1 is 1.15 bits per heavy atom. The number of fused-ring (bicyclic) bond motifs is 1. The zero-order chi connectivity index (χ0) is 19.2. The zero-order valence-corrected chi connectivity index (χ0v) is 14.8. The second-order valence-corrected chi connectivity index (χ2v) is 5.80. The lowest BCUT2D eigenvalue weighted by Crippen LogP contribution is -2.06. The Kier molecular flexibility index (Phi) is 5.55. The minimum atomic E-state index is -0.447. The number of methoxy groups -OCH3 is 1. The molecule has 0 aromatic heterocycles. The Hall–Kier alpha value is -3.56. The van der Waals surface area contributed by atoms with Gasteiger partial charge in [-0.25, -0.2) is 0 Å². The van der Waals surface area contributed by atoms with Gasteiger partial charge in [-0.1, -0.05) is 24.1 Å². The van der Waals surface area contributed by atoms with Crippen molar-refractivity contribution in [1.29, 1.82) is 0 Å². The third kappa shape index (κ3) is 4.17. The van der Waals surface area contributed by atoms with Crippen molar-refractivity contribution in [3.8, 4) is 18.1 Å². The number of hydrogen-bond acceptors (Lipinski definition) is 5. The Balaban J connectivity index is 2.03. The van der Waals surface area contributed by atoms with Crippen LogP contribution in [0.15, 0.2) is 54.6 Å². The maximum absolute atomic E-state index is 11.5. The van der Waals surface area contributed by atoms with Gasteiger partial charge in [-0.15, -0.1) is 6.42 Å². The molecule has 0 fully saturated rings. The van der Waals surface area contributed by atoms with Crippen LogP contribution in [0.5, 0.6) is 5.75 Å². The van der Waals surface area contributed by atoms with Crippen LogP contribution in [0.1, 0.15) is 5.56 Å². The molecule has 0 saturated heterocycles. The number of nitro benzene ring substituents is 1. The molecule has 0 atom stereocenters. The zero-order valence-electron chi connectivity index (χ0n) is 14.8. The van der Waals surface area contributed by atoms with Crippen LogP contribution in [-0.4, -0.2) is 25.2 Å². The molecule has 0 aliphatic rings. The van der Waals surface area contributed by atoms with Gasteiger partial charge in [0.2, 0.25) is 0 Å². The first kappa shape index (κ1) is 18.2. The summed E-state index contributed by atoms with van der Waals surface area (Å²) in [7, 11) is 1.55. The average Bonchev–Trinajstić information content (AvgIpc) is 2.68. The van der Waals surface area contributed by atoms with Gasteiger partial charge in [-0.3, -0.25) is 10.1 Å². The molecule has 0 unspecified atom stereocenters. The molecule has 0 saturated carbocycles. The number of ether oxygens (including phenoxy) is 2. The fourth-order valence-corrected chi connectivity index (χ4v) is 2.74. The molecule has 3 rings (SSSR count). The minimum Gasteiger partial charge on any atom is -0.484 e. The lowest BCUT2D eigenvalue weighted by atomic mass is 10.1. The van der Waals surface area contributed by atoms with Gasteiger partial charge in [-0.2, -0.15) is 0 Å². The molecule has 3 aromatic carbocycles. The van der Waals surface area contributed by atoms with E-state index in [1.165, 1.54) is 6.07 Å². The van der Waals surface area contributed by atoms with Crippen LogP contribution in [0, 0.1) is 22.5 Å². The number of rotatable bonds is 7. The van der Waals surface area contributed by atoms with Crippen molar-refractivity contribution in [3.63, 3.8) is 0 Å². The lowest BCUT2D eigenvalue weighted by molar-refractivity contribution is -0.385. The first-order valence-corrected chi connectivity index (χ1v) is 8.29. The topological polar surface area (TPSA) is 73.6 Å². The van der Waals surface area contributed by atoms with Crippen LogP contribution in [0.4, 0.5) is 17.1 Å². The molecule has 0 heterocycles. The monoisotopic (exact) mass is 362 g/mol. The Labute approximate surface area is 156 Å². The van der Waals surface area contributed by atoms with Crippen LogP contribution in [-0.2, 0) is 4.74 Å². The Morgan fingerprint density at radius 2 is 1.96 bits per heavy atom. The van der Waals surface area contributed by atoms with Crippen molar-refractivity contribution < 1.29 is 14.4 Å². The van der Waals surface area contributed by atoms with E-state index in [9.17, 15) is 10.1 Å². The molecule has 1 N–H and O–H groups in total. The molecule has 3 aromatic rings. The molecule has 27 heavy (non-hydrogen) atoms. The van der Waals surface area contributed by atoms with Gasteiger partial charge < -0.3 is 14.8 Å². The summed E-state index contributed by atoms with van der Waals surface area (Å²) in [4.78, 5) is 11.1. The highest BCUT2D eigenvalue weighted by Gasteiger charge is 2.18. The van der Waals surface area contributed by atoms with Crippen molar-refractivity contribution in [2.75, 3.05) is 25.6 Å². The highest BCUT2D eigenvalue weighted by Crippen LogP contribution is 2.36. The molecule has 0 radical (unpaired) electrons. The van der Waals surface area contributed by atoms with Gasteiger partial charge in [-0.05, 0) is 35.7 Å². The summed E-state index contributed by atoms with van der Waals surface area (Å²) in [6.45, 7) is 0.585. The number of nitrogens with one attached hydrogen (secondary N) is 1. The predicted molar refractivity (Wildman–Crippen MR) is 106 cm³/mol. The van der Waals surface area contributed by atoms with Gasteiger partial charge in [0.05, 0.1) is 11.5 Å². The Morgan fingerprint density at radius 3 is 2.70 bits per heavy atom. The normalized spacial score (nSPS) is 10.4. The number of nitro groups is 1. The SMILES string of the molecule is C#Cc1cccc(Nc2cccc3cc(OCCOC)c([N+](=O)[O-])cc23)c1. The molecule has 136 valence electrons. The van der Waals surface area contributed by atoms with Crippen molar-refractivity contribution >= 4 is 27.8 Å². The molecule has 0 bridgehead atoms. The summed E-state index contributed by atoms with van der Waals surface area (Å²) in [6, 6.07) is 16.2. The van der Waals surface area contributed by atoms with Crippen LogP contribution >= 0.6 is 0 Å². The molecule has 0 spiro atoms. The van der Waals surface area contributed by atoms with Crippen LogP contribution in [0.25, 0.3) is 10.8 Å². The van der Waals surface area contributed by atoms with E-state index in [-0.39, 0.29) is 18.0 Å². The van der Waals surface area contributed by atoms with Crippen molar-refractivity contribution in [2.45, 2.75) is 0 Å². The third-order valence-electron chi connectivity index (χ3n) is 4.01. The Bertz CT molecular complexity index is 1020. The fraction of sp³-hybridized carbons (Fsp3) is 0.143. The first-order chi connectivity index (χ1) is 13.1. The summed E-state index contributed by atoms with van der Waals surface area (Å²) < 4.78 is 10.5. The van der Waals surface area contributed by atoms with Crippen molar-refractivity contribution in [3.05, 3.63) is 70.3 Å². The predicted octanol–water partition coefficient (Wildman–Crippen LogP) is 4.50. The standard InChI is InChI=1S/C21H18N2O4/c1-3-15-6-4-8-17(12-15)22-19-9-5-7-16-13-21(27-11-10-26-2)20(23(24)25)14-18(16)19/h1,4-9,12-14,22H,10-11H2,2H3. The van der Waals surface area contributed by atoms with Gasteiger partial charge in [0.25, 0.3) is 0 Å². The summed E-state index contributed by atoms with van der Waals surface area (Å²) in [5, 5.41) is 16.3. The largest absolute Gasteiger partial charge is 0.484 e. The van der Waals surface area contributed by atoms with Crippen molar-refractivity contribution in [2.24, 2.45) is 0 Å². The molecule has 0 amide bonds. The summed E-state index contributed by atoms with van der Waals surface area (Å²) in [6.07, 6.45) is 5.45. The second kappa shape index (κ2) is 8.21. The molecule has 6 heteroatoms. The lowest BCUT2D eigenvalue weighted by Gasteiger charge is -2.12. The van der Waals surface area contributed by atoms with E-state index in [0.29, 0.717) is 6.61 Å². The van der Waals surface area contributed by atoms with E-state index < -0.39 is 4.92 Å². The number of benzene rings is 3. The quantitative estimate of drug-likeness (QED) is 0.290. The van der Waals surface area contributed by atoms with E-state index in [0.717, 1.165) is 27.7 Å². The molecule has 0 aliphatic carbocycles. The first-order valence-electron chi connectivity index (χ1n) is 8.29. The van der Waals surface area contributed by atoms with E-state index in [4.69, 9.17) is 15.9 Å². The van der Waals surface area contributed by atoms with Crippen LogP contribution < -0.4 is 10.1 Å². The average molecular weight is 362 g/mol. The summed E-state index contributed by atoms with van der Waals surface area (Å²) in [5.41, 5.74) is 2.21. The molecular weight excluding hydrogens is 344 g/mol.